The van der Waals surface area contributed by atoms with Gasteiger partial charge in [0.15, 0.2) is 0 Å². The lowest BCUT2D eigenvalue weighted by Crippen LogP contribution is -2.34. The summed E-state index contributed by atoms with van der Waals surface area (Å²) in [6.45, 7) is 8.11. The van der Waals surface area contributed by atoms with Crippen LogP contribution in [0, 0.1) is 6.92 Å². The van der Waals surface area contributed by atoms with Gasteiger partial charge in [-0.2, -0.15) is 0 Å². The van der Waals surface area contributed by atoms with Crippen LogP contribution in [0.2, 0.25) is 0 Å². The first-order valence-electron chi connectivity index (χ1n) is 8.23. The Balaban J connectivity index is 1.94. The molecule has 3 amide bonds. The number of amides is 3. The van der Waals surface area contributed by atoms with Crippen molar-refractivity contribution in [3.8, 4) is 0 Å². The Bertz CT molecular complexity index is 499. The number of rotatable bonds is 11. The van der Waals surface area contributed by atoms with Gasteiger partial charge in [-0.3, -0.25) is 9.59 Å². The maximum absolute atomic E-state index is 11.5. The normalized spacial score (nSPS) is 14.5. The van der Waals surface area contributed by atoms with Gasteiger partial charge < -0.3 is 24.4 Å². The fourth-order valence-electron chi connectivity index (χ4n) is 1.80. The lowest BCUT2D eigenvalue weighted by atomic mass is 10.2. The van der Waals surface area contributed by atoms with E-state index in [0.717, 1.165) is 0 Å². The fraction of sp³-hybridized carbons (Fsp3) is 0.688. The van der Waals surface area contributed by atoms with Crippen LogP contribution in [0.3, 0.4) is 0 Å². The van der Waals surface area contributed by atoms with Gasteiger partial charge in [0.2, 0.25) is 5.60 Å². The monoisotopic (exact) mass is 373 g/mol. The zero-order valence-corrected chi connectivity index (χ0v) is 15.1. The summed E-state index contributed by atoms with van der Waals surface area (Å²) in [6.07, 6.45) is -0.553. The topological polar surface area (TPSA) is 120 Å². The van der Waals surface area contributed by atoms with Crippen LogP contribution in [0.4, 0.5) is 4.79 Å². The molecule has 0 aliphatic carbocycles. The minimum absolute atomic E-state index is 0.0552. The van der Waals surface area contributed by atoms with Crippen LogP contribution in [0.5, 0.6) is 0 Å². The Morgan fingerprint density at radius 2 is 1.65 bits per heavy atom. The molecule has 1 aliphatic rings. The van der Waals surface area contributed by atoms with Crippen LogP contribution < -0.4 is 5.32 Å². The summed E-state index contributed by atoms with van der Waals surface area (Å²) in [5.74, 6) is -1.76. The van der Waals surface area contributed by atoms with E-state index in [1.807, 2.05) is 0 Å². The lowest BCUT2D eigenvalue weighted by molar-refractivity contribution is -0.198. The largest absolute Gasteiger partial charge is 0.411 e. The van der Waals surface area contributed by atoms with E-state index >= 15 is 0 Å². The molecule has 0 aromatic carbocycles. The van der Waals surface area contributed by atoms with E-state index in [-0.39, 0.29) is 52.2 Å². The smallest absolute Gasteiger partial charge is 0.403 e. The molecule has 0 unspecified atom stereocenters. The van der Waals surface area contributed by atoms with Crippen molar-refractivity contribution in [2.45, 2.75) is 38.7 Å². The van der Waals surface area contributed by atoms with Gasteiger partial charge in [0.1, 0.15) is 6.92 Å². The van der Waals surface area contributed by atoms with Crippen LogP contribution >= 0.6 is 0 Å². The second kappa shape index (κ2) is 10.6. The highest BCUT2D eigenvalue weighted by molar-refractivity contribution is 6.01. The van der Waals surface area contributed by atoms with Crippen LogP contribution in [-0.2, 0) is 33.4 Å². The molecule has 146 valence electrons. The second-order valence-corrected chi connectivity index (χ2v) is 6.10. The first-order chi connectivity index (χ1) is 12.2. The molecule has 10 heteroatoms. The maximum Gasteiger partial charge on any atom is 0.411 e. The number of hydrogen-bond donors (Lipinski definition) is 1. The summed E-state index contributed by atoms with van der Waals surface area (Å²) in [5, 5.41) is 3.01. The van der Waals surface area contributed by atoms with Crippen molar-refractivity contribution in [1.29, 1.82) is 0 Å². The highest BCUT2D eigenvalue weighted by Gasteiger charge is 2.32. The molecule has 0 aromatic heterocycles. The van der Waals surface area contributed by atoms with E-state index in [4.69, 9.17) is 14.2 Å². The van der Waals surface area contributed by atoms with Crippen LogP contribution in [0.1, 0.15) is 33.1 Å². The molecule has 0 radical (unpaired) electrons. The Morgan fingerprint density at radius 3 is 2.23 bits per heavy atom. The highest BCUT2D eigenvalue weighted by atomic mass is 16.7. The molecule has 1 N–H and O–H groups in total. The van der Waals surface area contributed by atoms with Crippen molar-refractivity contribution in [2.75, 3.05) is 33.0 Å². The van der Waals surface area contributed by atoms with Crippen LogP contribution in [0.15, 0.2) is 0 Å². The summed E-state index contributed by atoms with van der Waals surface area (Å²) in [6, 6.07) is 0. The SMILES string of the molecule is [CH2+]C(C)(C)OC(=O)NCCOCCOCCC(=O)ON1C(=O)CCC1=O. The summed E-state index contributed by atoms with van der Waals surface area (Å²) >= 11 is 0. The molecular formula is C16H25N2O8+. The van der Waals surface area contributed by atoms with E-state index in [1.54, 1.807) is 13.8 Å². The Labute approximate surface area is 152 Å². The number of carbonyl (C=O) groups is 4. The Kier molecular flexibility index (Phi) is 8.86. The van der Waals surface area contributed by atoms with Crippen molar-refractivity contribution < 1.29 is 38.2 Å². The van der Waals surface area contributed by atoms with E-state index in [1.165, 1.54) is 0 Å². The second-order valence-electron chi connectivity index (χ2n) is 6.10. The molecule has 0 atom stereocenters. The molecular weight excluding hydrogens is 348 g/mol. The average molecular weight is 373 g/mol. The average Bonchev–Trinajstić information content (AvgIpc) is 2.83. The van der Waals surface area contributed by atoms with Gasteiger partial charge >= 0.3 is 12.1 Å². The predicted octanol–water partition coefficient (Wildman–Crippen LogP) is 0.356. The zero-order chi connectivity index (χ0) is 19.6. The van der Waals surface area contributed by atoms with E-state index in [0.29, 0.717) is 5.06 Å². The van der Waals surface area contributed by atoms with Gasteiger partial charge in [-0.25, -0.2) is 9.59 Å². The van der Waals surface area contributed by atoms with Crippen molar-refractivity contribution in [1.82, 2.24) is 10.4 Å². The number of nitrogens with one attached hydrogen (secondary N) is 1. The molecule has 0 aromatic rings. The molecule has 1 heterocycles. The summed E-state index contributed by atoms with van der Waals surface area (Å²) in [4.78, 5) is 50.0. The van der Waals surface area contributed by atoms with Gasteiger partial charge in [0.05, 0.1) is 32.8 Å². The molecule has 10 nitrogen and oxygen atoms in total. The summed E-state index contributed by atoms with van der Waals surface area (Å²) in [7, 11) is 0. The first-order valence-corrected chi connectivity index (χ1v) is 8.23. The van der Waals surface area contributed by atoms with Crippen molar-refractivity contribution in [3.05, 3.63) is 6.92 Å². The minimum Gasteiger partial charge on any atom is -0.403 e. The van der Waals surface area contributed by atoms with Crippen molar-refractivity contribution >= 4 is 23.9 Å². The van der Waals surface area contributed by atoms with Gasteiger partial charge in [0, 0.05) is 33.2 Å². The van der Waals surface area contributed by atoms with Crippen LogP contribution in [-0.4, -0.2) is 67.5 Å². The molecule has 1 aliphatic heterocycles. The van der Waals surface area contributed by atoms with E-state index in [9.17, 15) is 19.2 Å². The molecule has 0 bridgehead atoms. The summed E-state index contributed by atoms with van der Waals surface area (Å²) in [5.41, 5.74) is -0.796. The quantitative estimate of drug-likeness (QED) is 0.313. The van der Waals surface area contributed by atoms with Gasteiger partial charge in [0.25, 0.3) is 11.8 Å². The van der Waals surface area contributed by atoms with Crippen LogP contribution in [0.25, 0.3) is 0 Å². The van der Waals surface area contributed by atoms with Gasteiger partial charge in [-0.05, 0) is 0 Å². The Morgan fingerprint density at radius 1 is 1.08 bits per heavy atom. The molecule has 1 fully saturated rings. The molecule has 1 rings (SSSR count). The maximum atomic E-state index is 11.5. The predicted molar refractivity (Wildman–Crippen MR) is 87.4 cm³/mol. The third kappa shape index (κ3) is 9.23. The van der Waals surface area contributed by atoms with E-state index < -0.39 is 29.5 Å². The zero-order valence-electron chi connectivity index (χ0n) is 15.1. The summed E-state index contributed by atoms with van der Waals surface area (Å²) < 4.78 is 15.4. The number of carbonyl (C=O) groups excluding carboxylic acids is 4. The molecule has 26 heavy (non-hydrogen) atoms. The fourth-order valence-corrected chi connectivity index (χ4v) is 1.80. The number of ether oxygens (including phenoxy) is 3. The number of imide groups is 1. The number of nitrogens with zero attached hydrogens (tertiary/aromatic N) is 1. The van der Waals surface area contributed by atoms with Gasteiger partial charge in [-0.1, -0.05) is 0 Å². The van der Waals surface area contributed by atoms with Crippen molar-refractivity contribution in [3.63, 3.8) is 0 Å². The first kappa shape index (κ1) is 21.7. The third-order valence-corrected chi connectivity index (χ3v) is 2.91. The highest BCUT2D eigenvalue weighted by Crippen LogP contribution is 2.12. The molecule has 1 saturated heterocycles. The number of hydroxylamine groups is 2. The third-order valence-electron chi connectivity index (χ3n) is 2.91. The minimum atomic E-state index is -0.796. The number of hydrogen-bond acceptors (Lipinski definition) is 8. The van der Waals surface area contributed by atoms with E-state index in [2.05, 4.69) is 17.1 Å². The molecule has 0 saturated carbocycles. The Hall–Kier alpha value is -2.33. The number of alkyl carbamates (subject to hydrolysis) is 1. The van der Waals surface area contributed by atoms with Crippen molar-refractivity contribution in [2.24, 2.45) is 0 Å². The molecule has 0 spiro atoms. The van der Waals surface area contributed by atoms with Gasteiger partial charge in [-0.15, -0.1) is 5.06 Å². The standard InChI is InChI=1S/C16H24N2O8/c1-16(2,3)25-15(22)17-7-9-24-11-10-23-8-6-14(21)26-18-12(19)4-5-13(18)20/h1,4-11H2,2-3H3/p+1. The lowest BCUT2D eigenvalue weighted by Gasteiger charge is -2.13.